The second-order valence-corrected chi connectivity index (χ2v) is 8.68. The maximum Gasteiger partial charge on any atom is 0.336 e. The lowest BCUT2D eigenvalue weighted by atomic mass is 10.1. The summed E-state index contributed by atoms with van der Waals surface area (Å²) in [4.78, 5) is 13.2. The van der Waals surface area contributed by atoms with Crippen LogP contribution in [0.4, 0.5) is 0 Å². The van der Waals surface area contributed by atoms with Gasteiger partial charge in [0.2, 0.25) is 10.0 Å². The second-order valence-electron chi connectivity index (χ2n) is 5.78. The molecule has 0 amide bonds. The highest BCUT2D eigenvalue weighted by Crippen LogP contribution is 2.20. The van der Waals surface area contributed by atoms with Gasteiger partial charge in [0.05, 0.1) is 5.56 Å². The largest absolute Gasteiger partial charge is 0.478 e. The van der Waals surface area contributed by atoms with Crippen LogP contribution in [-0.4, -0.2) is 50.6 Å². The molecule has 1 aromatic heterocycles. The number of nitrogens with one attached hydrogen (secondary N) is 1. The molecule has 0 aromatic carbocycles. The fraction of sp³-hybridized carbons (Fsp3) is 0.643. The minimum absolute atomic E-state index is 0.00624. The van der Waals surface area contributed by atoms with E-state index in [1.54, 1.807) is 0 Å². The molecule has 0 bridgehead atoms. The lowest BCUT2D eigenvalue weighted by molar-refractivity contribution is 0.0697. The van der Waals surface area contributed by atoms with Crippen molar-refractivity contribution in [2.75, 3.05) is 26.2 Å². The Balaban J connectivity index is 1.86. The number of carbonyl (C=O) groups is 1. The van der Waals surface area contributed by atoms with Gasteiger partial charge < -0.3 is 10.0 Å². The SMILES string of the molecule is CC(CNS(=O)(=O)c1cc(C(=O)O)cs1)CN1CCCCC1. The summed E-state index contributed by atoms with van der Waals surface area (Å²) in [5, 5.41) is 10.2. The molecule has 8 heteroatoms. The van der Waals surface area contributed by atoms with Crippen LogP contribution in [0, 0.1) is 5.92 Å². The van der Waals surface area contributed by atoms with E-state index in [2.05, 4.69) is 9.62 Å². The normalized spacial score (nSPS) is 18.2. The zero-order chi connectivity index (χ0) is 16.2. The number of nitrogens with zero attached hydrogens (tertiary/aromatic N) is 1. The minimum atomic E-state index is -3.62. The molecule has 1 saturated heterocycles. The third-order valence-corrected chi connectivity index (χ3v) is 6.59. The van der Waals surface area contributed by atoms with Gasteiger partial charge in [-0.05, 0) is 37.9 Å². The molecule has 0 spiro atoms. The standard InChI is InChI=1S/C14H22N2O4S2/c1-11(9-16-5-3-2-4-6-16)8-15-22(19,20)13-7-12(10-21-13)14(17)18/h7,10-11,15H,2-6,8-9H2,1H3,(H,17,18). The number of carboxylic acids is 1. The number of piperidine rings is 1. The minimum Gasteiger partial charge on any atom is -0.478 e. The molecule has 22 heavy (non-hydrogen) atoms. The predicted octanol–water partition coefficient (Wildman–Crippen LogP) is 1.85. The van der Waals surface area contributed by atoms with Crippen molar-refractivity contribution in [1.82, 2.24) is 9.62 Å². The van der Waals surface area contributed by atoms with Crippen LogP contribution in [0.25, 0.3) is 0 Å². The second kappa shape index (κ2) is 7.54. The summed E-state index contributed by atoms with van der Waals surface area (Å²) in [7, 11) is -3.62. The zero-order valence-corrected chi connectivity index (χ0v) is 14.3. The Labute approximate surface area is 135 Å². The quantitative estimate of drug-likeness (QED) is 0.787. The van der Waals surface area contributed by atoms with Gasteiger partial charge in [-0.15, -0.1) is 11.3 Å². The first kappa shape index (κ1) is 17.4. The Morgan fingerprint density at radius 1 is 1.41 bits per heavy atom. The molecule has 0 aliphatic carbocycles. The van der Waals surface area contributed by atoms with E-state index in [-0.39, 0.29) is 15.7 Å². The third-order valence-electron chi connectivity index (χ3n) is 3.73. The molecular weight excluding hydrogens is 324 g/mol. The van der Waals surface area contributed by atoms with E-state index in [9.17, 15) is 13.2 Å². The predicted molar refractivity (Wildman–Crippen MR) is 85.9 cm³/mol. The monoisotopic (exact) mass is 346 g/mol. The fourth-order valence-corrected chi connectivity index (χ4v) is 4.90. The lowest BCUT2D eigenvalue weighted by Crippen LogP contribution is -2.37. The van der Waals surface area contributed by atoms with Crippen LogP contribution in [-0.2, 0) is 10.0 Å². The first-order valence-electron chi connectivity index (χ1n) is 7.42. The van der Waals surface area contributed by atoms with Gasteiger partial charge in [0.25, 0.3) is 0 Å². The Morgan fingerprint density at radius 2 is 2.09 bits per heavy atom. The van der Waals surface area contributed by atoms with Crippen LogP contribution in [0.5, 0.6) is 0 Å². The Hall–Kier alpha value is -0.960. The number of aromatic carboxylic acids is 1. The molecule has 1 aromatic rings. The molecule has 2 N–H and O–H groups in total. The van der Waals surface area contributed by atoms with E-state index in [4.69, 9.17) is 5.11 Å². The highest BCUT2D eigenvalue weighted by Gasteiger charge is 2.20. The van der Waals surface area contributed by atoms with Gasteiger partial charge in [-0.1, -0.05) is 13.3 Å². The van der Waals surface area contributed by atoms with E-state index in [1.807, 2.05) is 6.92 Å². The summed E-state index contributed by atoms with van der Waals surface area (Å²) in [6, 6.07) is 1.20. The molecule has 124 valence electrons. The number of rotatable bonds is 7. The molecule has 1 aliphatic heterocycles. The third kappa shape index (κ3) is 4.77. The van der Waals surface area contributed by atoms with Crippen LogP contribution in [0.2, 0.25) is 0 Å². The first-order valence-corrected chi connectivity index (χ1v) is 9.78. The van der Waals surface area contributed by atoms with Crippen LogP contribution in [0.1, 0.15) is 36.5 Å². The molecule has 6 nitrogen and oxygen atoms in total. The Bertz CT molecular complexity index is 606. The Kier molecular flexibility index (Phi) is 5.96. The maximum absolute atomic E-state index is 12.2. The van der Waals surface area contributed by atoms with Crippen molar-refractivity contribution in [3.05, 3.63) is 17.0 Å². The van der Waals surface area contributed by atoms with Crippen molar-refractivity contribution < 1.29 is 18.3 Å². The molecule has 1 aliphatic rings. The van der Waals surface area contributed by atoms with Crippen LogP contribution >= 0.6 is 11.3 Å². The van der Waals surface area contributed by atoms with Gasteiger partial charge in [-0.2, -0.15) is 0 Å². The van der Waals surface area contributed by atoms with Crippen molar-refractivity contribution in [3.8, 4) is 0 Å². The zero-order valence-electron chi connectivity index (χ0n) is 12.6. The van der Waals surface area contributed by atoms with Crippen molar-refractivity contribution in [3.63, 3.8) is 0 Å². The molecule has 2 heterocycles. The van der Waals surface area contributed by atoms with E-state index in [1.165, 1.54) is 30.7 Å². The van der Waals surface area contributed by atoms with Gasteiger partial charge in [-0.25, -0.2) is 17.9 Å². The molecule has 1 atom stereocenters. The summed E-state index contributed by atoms with van der Waals surface area (Å²) >= 11 is 0.930. The molecular formula is C14H22N2O4S2. The van der Waals surface area contributed by atoms with Crippen molar-refractivity contribution in [1.29, 1.82) is 0 Å². The highest BCUT2D eigenvalue weighted by atomic mass is 32.2. The lowest BCUT2D eigenvalue weighted by Gasteiger charge is -2.29. The van der Waals surface area contributed by atoms with Crippen LogP contribution in [0.3, 0.4) is 0 Å². The smallest absolute Gasteiger partial charge is 0.336 e. The maximum atomic E-state index is 12.2. The van der Waals surface area contributed by atoms with Gasteiger partial charge in [0.1, 0.15) is 4.21 Å². The Morgan fingerprint density at radius 3 is 2.68 bits per heavy atom. The molecule has 0 radical (unpaired) electrons. The summed E-state index contributed by atoms with van der Waals surface area (Å²) in [6.45, 7) is 5.44. The molecule has 1 unspecified atom stereocenters. The van der Waals surface area contributed by atoms with E-state index >= 15 is 0 Å². The average molecular weight is 346 g/mol. The summed E-state index contributed by atoms with van der Waals surface area (Å²) < 4.78 is 26.9. The topological polar surface area (TPSA) is 86.7 Å². The van der Waals surface area contributed by atoms with Crippen molar-refractivity contribution in [2.24, 2.45) is 5.92 Å². The number of likely N-dealkylation sites (tertiary alicyclic amines) is 1. The summed E-state index contributed by atoms with van der Waals surface area (Å²) in [5.41, 5.74) is 0.00624. The molecule has 1 fully saturated rings. The van der Waals surface area contributed by atoms with Crippen molar-refractivity contribution in [2.45, 2.75) is 30.4 Å². The van der Waals surface area contributed by atoms with Gasteiger partial charge >= 0.3 is 5.97 Å². The number of hydrogen-bond donors (Lipinski definition) is 2. The van der Waals surface area contributed by atoms with E-state index in [0.717, 1.165) is 31.0 Å². The summed E-state index contributed by atoms with van der Waals surface area (Å²) in [5.74, 6) is -0.900. The number of sulfonamides is 1. The number of carboxylic acid groups (broad SMARTS) is 1. The van der Waals surface area contributed by atoms with Crippen LogP contribution in [0.15, 0.2) is 15.7 Å². The van der Waals surface area contributed by atoms with Gasteiger partial charge in [0, 0.05) is 18.5 Å². The van der Waals surface area contributed by atoms with E-state index < -0.39 is 16.0 Å². The van der Waals surface area contributed by atoms with Crippen molar-refractivity contribution >= 4 is 27.3 Å². The first-order chi connectivity index (χ1) is 10.4. The highest BCUT2D eigenvalue weighted by molar-refractivity contribution is 7.91. The molecule has 0 saturated carbocycles. The molecule has 2 rings (SSSR count). The van der Waals surface area contributed by atoms with Crippen LogP contribution < -0.4 is 4.72 Å². The number of hydrogen-bond acceptors (Lipinski definition) is 5. The average Bonchev–Trinajstić information content (AvgIpc) is 2.97. The summed E-state index contributed by atoms with van der Waals surface area (Å²) in [6.07, 6.45) is 3.71. The van der Waals surface area contributed by atoms with Gasteiger partial charge in [0.15, 0.2) is 0 Å². The number of thiophene rings is 1. The fourth-order valence-electron chi connectivity index (χ4n) is 2.54. The van der Waals surface area contributed by atoms with Gasteiger partial charge in [-0.3, -0.25) is 0 Å². The van der Waals surface area contributed by atoms with E-state index in [0.29, 0.717) is 6.54 Å².